The molecule has 31 heavy (non-hydrogen) atoms. The first kappa shape index (κ1) is 21.7. The molecule has 0 atom stereocenters. The van der Waals surface area contributed by atoms with Gasteiger partial charge >= 0.3 is 0 Å². The van der Waals surface area contributed by atoms with Crippen LogP contribution < -0.4 is 15.7 Å². The van der Waals surface area contributed by atoms with E-state index >= 15 is 0 Å². The topological polar surface area (TPSA) is 103 Å². The van der Waals surface area contributed by atoms with Gasteiger partial charge in [0.25, 0.3) is 5.56 Å². The van der Waals surface area contributed by atoms with Crippen molar-refractivity contribution in [2.75, 3.05) is 12.0 Å². The van der Waals surface area contributed by atoms with Crippen LogP contribution >= 0.6 is 0 Å². The standard InChI is InChI=1S/C23H22FN5O2/c1-2-3-7-12-31-20-13-16(10-11-19(20)24)15-26-29-23-27-21(17-8-5-4-6-9-17)18(14-25)22(30)28-23/h4-6,8-11,13,15H,2-3,7,12H2,1H3,(H2,27,28,29,30). The number of H-pyrrole nitrogens is 1. The Labute approximate surface area is 179 Å². The summed E-state index contributed by atoms with van der Waals surface area (Å²) < 4.78 is 19.4. The molecule has 0 bridgehead atoms. The van der Waals surface area contributed by atoms with Gasteiger partial charge in [-0.1, -0.05) is 56.2 Å². The predicted molar refractivity (Wildman–Crippen MR) is 118 cm³/mol. The van der Waals surface area contributed by atoms with E-state index < -0.39 is 11.4 Å². The first-order valence-corrected chi connectivity index (χ1v) is 9.93. The van der Waals surface area contributed by atoms with E-state index in [9.17, 15) is 14.4 Å². The number of aromatic amines is 1. The molecule has 2 aromatic carbocycles. The number of hydrogen-bond donors (Lipinski definition) is 2. The Morgan fingerprint density at radius 3 is 2.81 bits per heavy atom. The summed E-state index contributed by atoms with van der Waals surface area (Å²) in [5, 5.41) is 13.4. The maximum Gasteiger partial charge on any atom is 0.270 e. The average molecular weight is 419 g/mol. The van der Waals surface area contributed by atoms with Gasteiger partial charge in [0.2, 0.25) is 5.95 Å². The fourth-order valence-corrected chi connectivity index (χ4v) is 2.85. The molecule has 0 spiro atoms. The normalized spacial score (nSPS) is 10.7. The molecule has 1 aromatic heterocycles. The Kier molecular flexibility index (Phi) is 7.49. The molecule has 0 saturated heterocycles. The molecule has 0 aliphatic carbocycles. The second kappa shape index (κ2) is 10.7. The number of nitrogens with one attached hydrogen (secondary N) is 2. The second-order valence-electron chi connectivity index (χ2n) is 6.73. The highest BCUT2D eigenvalue weighted by atomic mass is 19.1. The van der Waals surface area contributed by atoms with Crippen molar-refractivity contribution in [1.82, 2.24) is 9.97 Å². The summed E-state index contributed by atoms with van der Waals surface area (Å²) in [5.41, 5.74) is 3.51. The third kappa shape index (κ3) is 5.76. The Morgan fingerprint density at radius 1 is 1.26 bits per heavy atom. The predicted octanol–water partition coefficient (Wildman–Crippen LogP) is 4.46. The van der Waals surface area contributed by atoms with Crippen molar-refractivity contribution in [2.24, 2.45) is 5.10 Å². The molecule has 0 aliphatic heterocycles. The number of benzene rings is 2. The van der Waals surface area contributed by atoms with Gasteiger partial charge in [-0.15, -0.1) is 0 Å². The summed E-state index contributed by atoms with van der Waals surface area (Å²) in [6.45, 7) is 2.53. The molecule has 0 fully saturated rings. The van der Waals surface area contributed by atoms with Gasteiger partial charge in [-0.25, -0.2) is 14.8 Å². The van der Waals surface area contributed by atoms with Crippen molar-refractivity contribution >= 4 is 12.2 Å². The summed E-state index contributed by atoms with van der Waals surface area (Å²) in [5.74, 6) is -0.194. The van der Waals surface area contributed by atoms with Crippen molar-refractivity contribution in [3.8, 4) is 23.1 Å². The minimum absolute atomic E-state index is 0.0795. The molecule has 1 heterocycles. The van der Waals surface area contributed by atoms with Crippen molar-refractivity contribution < 1.29 is 9.13 Å². The number of rotatable bonds is 9. The van der Waals surface area contributed by atoms with E-state index in [0.717, 1.165) is 19.3 Å². The molecular weight excluding hydrogens is 397 g/mol. The van der Waals surface area contributed by atoms with Crippen LogP contribution in [0.1, 0.15) is 37.3 Å². The molecule has 2 N–H and O–H groups in total. The molecular formula is C23H22FN5O2. The summed E-state index contributed by atoms with van der Waals surface area (Å²) in [6.07, 6.45) is 4.39. The van der Waals surface area contributed by atoms with E-state index in [1.807, 2.05) is 12.1 Å². The van der Waals surface area contributed by atoms with Gasteiger partial charge in [-0.3, -0.25) is 9.78 Å². The molecule has 158 valence electrons. The zero-order valence-corrected chi connectivity index (χ0v) is 17.1. The summed E-state index contributed by atoms with van der Waals surface area (Å²) in [7, 11) is 0. The van der Waals surface area contributed by atoms with Crippen LogP contribution in [0.4, 0.5) is 10.3 Å². The third-order valence-electron chi connectivity index (χ3n) is 4.42. The van der Waals surface area contributed by atoms with Crippen LogP contribution in [0.3, 0.4) is 0 Å². The van der Waals surface area contributed by atoms with Gasteiger partial charge in [-0.05, 0) is 24.1 Å². The van der Waals surface area contributed by atoms with E-state index in [2.05, 4.69) is 27.4 Å². The molecule has 0 amide bonds. The second-order valence-corrected chi connectivity index (χ2v) is 6.73. The number of nitriles is 1. The van der Waals surface area contributed by atoms with Crippen molar-refractivity contribution in [1.29, 1.82) is 5.26 Å². The Balaban J connectivity index is 1.76. The molecule has 3 rings (SSSR count). The highest BCUT2D eigenvalue weighted by Crippen LogP contribution is 2.20. The quantitative estimate of drug-likeness (QED) is 0.303. The number of hydrazone groups is 1. The SMILES string of the molecule is CCCCCOc1cc(C=NNc2nc(-c3ccccc3)c(C#N)c(=O)[nH]2)ccc1F. The van der Waals surface area contributed by atoms with Crippen LogP contribution in [0.2, 0.25) is 0 Å². The zero-order valence-electron chi connectivity index (χ0n) is 17.1. The number of ether oxygens (including phenoxy) is 1. The highest BCUT2D eigenvalue weighted by molar-refractivity contribution is 5.80. The lowest BCUT2D eigenvalue weighted by Gasteiger charge is -2.08. The molecule has 0 radical (unpaired) electrons. The smallest absolute Gasteiger partial charge is 0.270 e. The van der Waals surface area contributed by atoms with Crippen molar-refractivity contribution in [2.45, 2.75) is 26.2 Å². The van der Waals surface area contributed by atoms with Crippen LogP contribution in [0.25, 0.3) is 11.3 Å². The average Bonchev–Trinajstić information content (AvgIpc) is 2.79. The molecule has 3 aromatic rings. The Hall–Kier alpha value is -3.99. The summed E-state index contributed by atoms with van der Waals surface area (Å²) >= 11 is 0. The summed E-state index contributed by atoms with van der Waals surface area (Å²) in [4.78, 5) is 19.1. The largest absolute Gasteiger partial charge is 0.490 e. The first-order chi connectivity index (χ1) is 15.1. The van der Waals surface area contributed by atoms with Gasteiger partial charge in [0.05, 0.1) is 18.5 Å². The van der Waals surface area contributed by atoms with E-state index in [0.29, 0.717) is 17.7 Å². The molecule has 0 saturated carbocycles. The molecule has 7 nitrogen and oxygen atoms in total. The minimum atomic E-state index is -0.571. The van der Waals surface area contributed by atoms with Crippen LogP contribution in [-0.2, 0) is 0 Å². The molecule has 0 aliphatic rings. The maximum atomic E-state index is 13.9. The molecule has 0 unspecified atom stereocenters. The fraction of sp³-hybridized carbons (Fsp3) is 0.217. The number of aromatic nitrogens is 2. The number of anilines is 1. The van der Waals surface area contributed by atoms with Crippen LogP contribution in [0, 0.1) is 17.1 Å². The van der Waals surface area contributed by atoms with Gasteiger partial charge in [0.1, 0.15) is 11.6 Å². The maximum absolute atomic E-state index is 13.9. The van der Waals surface area contributed by atoms with Crippen LogP contribution in [0.5, 0.6) is 5.75 Å². The van der Waals surface area contributed by atoms with Gasteiger partial charge in [-0.2, -0.15) is 10.4 Å². The Morgan fingerprint density at radius 2 is 2.06 bits per heavy atom. The van der Waals surface area contributed by atoms with Crippen molar-refractivity contribution in [3.05, 3.63) is 75.8 Å². The zero-order chi connectivity index (χ0) is 22.1. The lowest BCUT2D eigenvalue weighted by Crippen LogP contribution is -2.16. The molecule has 8 heteroatoms. The fourth-order valence-electron chi connectivity index (χ4n) is 2.85. The number of halogens is 1. The van der Waals surface area contributed by atoms with E-state index in [1.165, 1.54) is 12.3 Å². The highest BCUT2D eigenvalue weighted by Gasteiger charge is 2.12. The monoisotopic (exact) mass is 419 g/mol. The number of nitrogens with zero attached hydrogens (tertiary/aromatic N) is 3. The lowest BCUT2D eigenvalue weighted by molar-refractivity contribution is 0.291. The minimum Gasteiger partial charge on any atom is -0.490 e. The van der Waals surface area contributed by atoms with Gasteiger partial charge in [0, 0.05) is 5.56 Å². The first-order valence-electron chi connectivity index (χ1n) is 9.93. The van der Waals surface area contributed by atoms with E-state index in [-0.39, 0.29) is 23.0 Å². The number of unbranched alkanes of at least 4 members (excludes halogenated alkanes) is 2. The Bertz CT molecular complexity index is 1150. The van der Waals surface area contributed by atoms with E-state index in [4.69, 9.17) is 4.74 Å². The van der Waals surface area contributed by atoms with Gasteiger partial charge in [0.15, 0.2) is 11.6 Å². The lowest BCUT2D eigenvalue weighted by atomic mass is 10.1. The summed E-state index contributed by atoms with van der Waals surface area (Å²) in [6, 6.07) is 15.2. The number of hydrogen-bond acceptors (Lipinski definition) is 6. The van der Waals surface area contributed by atoms with E-state index in [1.54, 1.807) is 36.4 Å². The van der Waals surface area contributed by atoms with Crippen LogP contribution in [-0.4, -0.2) is 22.8 Å². The van der Waals surface area contributed by atoms with Crippen LogP contribution in [0.15, 0.2) is 58.4 Å². The van der Waals surface area contributed by atoms with Crippen molar-refractivity contribution in [3.63, 3.8) is 0 Å². The third-order valence-corrected chi connectivity index (χ3v) is 4.42. The van der Waals surface area contributed by atoms with Gasteiger partial charge < -0.3 is 4.74 Å².